The summed E-state index contributed by atoms with van der Waals surface area (Å²) in [6.45, 7) is 3.39. The number of benzene rings is 1. The fourth-order valence-electron chi connectivity index (χ4n) is 3.89. The van der Waals surface area contributed by atoms with Crippen LogP contribution in [0.4, 0.5) is 0 Å². The van der Waals surface area contributed by atoms with E-state index in [0.29, 0.717) is 25.4 Å². The second-order valence-corrected chi connectivity index (χ2v) is 6.85. The second kappa shape index (κ2) is 5.13. The van der Waals surface area contributed by atoms with Crippen LogP contribution >= 0.6 is 0 Å². The topological polar surface area (TPSA) is 56.3 Å². The van der Waals surface area contributed by atoms with Gasteiger partial charge in [-0.2, -0.15) is 0 Å². The molecule has 2 aromatic rings. The number of carbonyl (C=O) groups is 1. The molecule has 2 N–H and O–H groups in total. The van der Waals surface area contributed by atoms with Crippen molar-refractivity contribution in [1.82, 2.24) is 9.88 Å². The highest BCUT2D eigenvalue weighted by atomic mass is 16.3. The van der Waals surface area contributed by atoms with Crippen molar-refractivity contribution in [3.05, 3.63) is 35.0 Å². The van der Waals surface area contributed by atoms with Crippen LogP contribution in [0.1, 0.15) is 41.4 Å². The van der Waals surface area contributed by atoms with Gasteiger partial charge in [-0.25, -0.2) is 0 Å². The highest BCUT2D eigenvalue weighted by Crippen LogP contribution is 2.33. The summed E-state index contributed by atoms with van der Waals surface area (Å²) in [5, 5.41) is 10.9. The van der Waals surface area contributed by atoms with E-state index in [2.05, 4.69) is 18.0 Å². The molecule has 116 valence electrons. The molecule has 0 bridgehead atoms. The number of hydrogen-bond donors (Lipinski definition) is 2. The summed E-state index contributed by atoms with van der Waals surface area (Å²) in [6.07, 6.45) is 3.68. The maximum atomic E-state index is 12.8. The molecule has 2 atom stereocenters. The van der Waals surface area contributed by atoms with Gasteiger partial charge in [0.2, 0.25) is 0 Å². The Bertz CT molecular complexity index is 734. The lowest BCUT2D eigenvalue weighted by molar-refractivity contribution is 0.0766. The first kappa shape index (κ1) is 13.8. The van der Waals surface area contributed by atoms with Crippen molar-refractivity contribution in [3.8, 4) is 0 Å². The molecule has 1 unspecified atom stereocenters. The highest BCUT2D eigenvalue weighted by Gasteiger charge is 2.28. The maximum absolute atomic E-state index is 12.8. The van der Waals surface area contributed by atoms with E-state index in [-0.39, 0.29) is 12.0 Å². The number of nitrogens with zero attached hydrogens (tertiary/aromatic N) is 1. The van der Waals surface area contributed by atoms with Crippen molar-refractivity contribution in [1.29, 1.82) is 0 Å². The third kappa shape index (κ3) is 2.13. The summed E-state index contributed by atoms with van der Waals surface area (Å²) in [5.74, 6) is 0.744. The van der Waals surface area contributed by atoms with Gasteiger partial charge in [0, 0.05) is 24.2 Å². The van der Waals surface area contributed by atoms with Gasteiger partial charge in [-0.05, 0) is 43.2 Å². The zero-order chi connectivity index (χ0) is 15.3. The van der Waals surface area contributed by atoms with Crippen LogP contribution in [0.3, 0.4) is 0 Å². The summed E-state index contributed by atoms with van der Waals surface area (Å²) in [5.41, 5.74) is 4.42. The van der Waals surface area contributed by atoms with Gasteiger partial charge in [-0.15, -0.1) is 0 Å². The lowest BCUT2D eigenvalue weighted by Crippen LogP contribution is -2.29. The number of aliphatic hydroxyl groups excluding tert-OH is 1. The monoisotopic (exact) mass is 298 g/mol. The molecule has 0 spiro atoms. The standard InChI is InChI=1S/C18H22N2O2/c1-11-5-6-16-15(9-11)13-3-2-4-14(17(13)19-16)18(22)20-8-7-12(21)10-20/h2-4,11-12,19,21H,5-10H2,1H3/t11?,12-/m1/s1. The fourth-order valence-corrected chi connectivity index (χ4v) is 3.89. The van der Waals surface area contributed by atoms with E-state index < -0.39 is 0 Å². The number of rotatable bonds is 1. The number of likely N-dealkylation sites (tertiary alicyclic amines) is 1. The van der Waals surface area contributed by atoms with Crippen LogP contribution in [0.25, 0.3) is 10.9 Å². The van der Waals surface area contributed by atoms with Crippen LogP contribution in [0, 0.1) is 5.92 Å². The van der Waals surface area contributed by atoms with E-state index in [1.54, 1.807) is 4.90 Å². The van der Waals surface area contributed by atoms with Crippen LogP contribution in [0.2, 0.25) is 0 Å². The largest absolute Gasteiger partial charge is 0.391 e. The number of aryl methyl sites for hydroxylation is 1. The Morgan fingerprint density at radius 3 is 3.00 bits per heavy atom. The molecule has 4 rings (SSSR count). The number of aliphatic hydroxyl groups is 1. The third-order valence-electron chi connectivity index (χ3n) is 5.15. The molecule has 1 aromatic heterocycles. The fraction of sp³-hybridized carbons (Fsp3) is 0.500. The molecule has 1 aliphatic carbocycles. The second-order valence-electron chi connectivity index (χ2n) is 6.85. The molecule has 0 saturated carbocycles. The van der Waals surface area contributed by atoms with Crippen molar-refractivity contribution in [2.24, 2.45) is 5.92 Å². The average molecular weight is 298 g/mol. The van der Waals surface area contributed by atoms with Gasteiger partial charge in [0.05, 0.1) is 17.2 Å². The minimum atomic E-state index is -0.374. The van der Waals surface area contributed by atoms with Crippen molar-refractivity contribution in [3.63, 3.8) is 0 Å². The molecule has 4 heteroatoms. The third-order valence-corrected chi connectivity index (χ3v) is 5.15. The van der Waals surface area contributed by atoms with Crippen LogP contribution in [0.5, 0.6) is 0 Å². The normalized spacial score (nSPS) is 24.7. The Morgan fingerprint density at radius 2 is 2.23 bits per heavy atom. The Morgan fingerprint density at radius 1 is 1.36 bits per heavy atom. The lowest BCUT2D eigenvalue weighted by Gasteiger charge is -2.18. The molecule has 1 aliphatic heterocycles. The number of H-pyrrole nitrogens is 1. The Kier molecular flexibility index (Phi) is 3.22. The summed E-state index contributed by atoms with van der Waals surface area (Å²) in [4.78, 5) is 18.1. The first-order valence-electron chi connectivity index (χ1n) is 8.23. The molecule has 0 radical (unpaired) electrons. The van der Waals surface area contributed by atoms with Gasteiger partial charge in [0.1, 0.15) is 0 Å². The number of aromatic amines is 1. The Labute approximate surface area is 130 Å². The first-order valence-corrected chi connectivity index (χ1v) is 8.23. The Balaban J connectivity index is 1.77. The smallest absolute Gasteiger partial charge is 0.256 e. The van der Waals surface area contributed by atoms with E-state index in [4.69, 9.17) is 0 Å². The first-order chi connectivity index (χ1) is 10.6. The minimum absolute atomic E-state index is 0.0359. The number of hydrogen-bond acceptors (Lipinski definition) is 2. The summed E-state index contributed by atoms with van der Waals surface area (Å²) in [7, 11) is 0. The summed E-state index contributed by atoms with van der Waals surface area (Å²) in [6, 6.07) is 6.01. The van der Waals surface area contributed by atoms with E-state index in [0.717, 1.165) is 23.9 Å². The predicted molar refractivity (Wildman–Crippen MR) is 86.0 cm³/mol. The summed E-state index contributed by atoms with van der Waals surface area (Å²) < 4.78 is 0. The predicted octanol–water partition coefficient (Wildman–Crippen LogP) is 2.50. The molecular formula is C18H22N2O2. The SMILES string of the molecule is CC1CCc2[nH]c3c(C(=O)N4CC[C@@H](O)C4)cccc3c2C1. The van der Waals surface area contributed by atoms with E-state index in [9.17, 15) is 9.90 Å². The molecular weight excluding hydrogens is 276 g/mol. The zero-order valence-corrected chi connectivity index (χ0v) is 12.9. The molecule has 1 fully saturated rings. The minimum Gasteiger partial charge on any atom is -0.391 e. The van der Waals surface area contributed by atoms with Crippen LogP contribution < -0.4 is 0 Å². The molecule has 2 aliphatic rings. The molecule has 22 heavy (non-hydrogen) atoms. The number of carbonyl (C=O) groups excluding carboxylic acids is 1. The van der Waals surface area contributed by atoms with E-state index in [1.807, 2.05) is 12.1 Å². The number of aromatic nitrogens is 1. The van der Waals surface area contributed by atoms with Crippen molar-refractivity contribution in [2.75, 3.05) is 13.1 Å². The number of β-amino-alcohol motifs (C(OH)–C–C–N with tert-alkyl or cyclic N) is 1. The maximum Gasteiger partial charge on any atom is 0.256 e. The van der Waals surface area contributed by atoms with Crippen molar-refractivity contribution < 1.29 is 9.90 Å². The van der Waals surface area contributed by atoms with Gasteiger partial charge in [0.25, 0.3) is 5.91 Å². The van der Waals surface area contributed by atoms with Crippen LogP contribution in [0.15, 0.2) is 18.2 Å². The number of fused-ring (bicyclic) bond motifs is 3. The Hall–Kier alpha value is -1.81. The number of amides is 1. The summed E-state index contributed by atoms with van der Waals surface area (Å²) >= 11 is 0. The van der Waals surface area contributed by atoms with Crippen molar-refractivity contribution >= 4 is 16.8 Å². The number of para-hydroxylation sites is 1. The van der Waals surface area contributed by atoms with E-state index >= 15 is 0 Å². The molecule has 1 amide bonds. The van der Waals surface area contributed by atoms with Crippen molar-refractivity contribution in [2.45, 2.75) is 38.7 Å². The zero-order valence-electron chi connectivity index (χ0n) is 12.9. The van der Waals surface area contributed by atoms with Crippen LogP contribution in [-0.2, 0) is 12.8 Å². The highest BCUT2D eigenvalue weighted by molar-refractivity contribution is 6.07. The molecule has 1 saturated heterocycles. The lowest BCUT2D eigenvalue weighted by atomic mass is 9.87. The average Bonchev–Trinajstić information content (AvgIpc) is 3.10. The number of nitrogens with one attached hydrogen (secondary N) is 1. The quantitative estimate of drug-likeness (QED) is 0.850. The van der Waals surface area contributed by atoms with Gasteiger partial charge in [0.15, 0.2) is 0 Å². The molecule has 4 nitrogen and oxygen atoms in total. The van der Waals surface area contributed by atoms with E-state index in [1.165, 1.54) is 23.1 Å². The van der Waals surface area contributed by atoms with Gasteiger partial charge < -0.3 is 15.0 Å². The van der Waals surface area contributed by atoms with Gasteiger partial charge >= 0.3 is 0 Å². The van der Waals surface area contributed by atoms with Gasteiger partial charge in [-0.1, -0.05) is 19.1 Å². The molecule has 2 heterocycles. The van der Waals surface area contributed by atoms with Gasteiger partial charge in [-0.3, -0.25) is 4.79 Å². The molecule has 1 aromatic carbocycles. The van der Waals surface area contributed by atoms with Crippen LogP contribution in [-0.4, -0.2) is 40.1 Å².